The third-order valence-corrected chi connectivity index (χ3v) is 2.90. The largest absolute Gasteiger partial charge is 0.374 e. The molecular formula is C6H7F2N3S. The first-order valence-electron chi connectivity index (χ1n) is 3.56. The second kappa shape index (κ2) is 2.35. The van der Waals surface area contributed by atoms with Gasteiger partial charge < -0.3 is 5.73 Å². The molecule has 1 aromatic heterocycles. The lowest BCUT2D eigenvalue weighted by molar-refractivity contribution is -0.0964. The molecule has 3 nitrogen and oxygen atoms in total. The van der Waals surface area contributed by atoms with Crippen molar-refractivity contribution in [1.29, 1.82) is 0 Å². The summed E-state index contributed by atoms with van der Waals surface area (Å²) in [7, 11) is 0. The van der Waals surface area contributed by atoms with Crippen molar-refractivity contribution in [1.82, 2.24) is 10.2 Å². The molecule has 0 aromatic carbocycles. The van der Waals surface area contributed by atoms with Gasteiger partial charge in [0.05, 0.1) is 5.92 Å². The monoisotopic (exact) mass is 191 g/mol. The summed E-state index contributed by atoms with van der Waals surface area (Å²) in [6, 6.07) is 0. The molecule has 0 saturated heterocycles. The van der Waals surface area contributed by atoms with Crippen molar-refractivity contribution in [3.05, 3.63) is 5.01 Å². The van der Waals surface area contributed by atoms with Gasteiger partial charge in [-0.25, -0.2) is 8.78 Å². The van der Waals surface area contributed by atoms with E-state index in [1.54, 1.807) is 0 Å². The Morgan fingerprint density at radius 1 is 1.50 bits per heavy atom. The lowest BCUT2D eigenvalue weighted by Crippen LogP contribution is -2.36. The van der Waals surface area contributed by atoms with E-state index in [1.807, 2.05) is 0 Å². The molecule has 2 N–H and O–H groups in total. The highest BCUT2D eigenvalue weighted by Gasteiger charge is 2.50. The van der Waals surface area contributed by atoms with Crippen molar-refractivity contribution in [2.24, 2.45) is 0 Å². The minimum atomic E-state index is -2.59. The van der Waals surface area contributed by atoms with Gasteiger partial charge in [0.25, 0.3) is 5.92 Å². The lowest BCUT2D eigenvalue weighted by atomic mass is 9.81. The summed E-state index contributed by atoms with van der Waals surface area (Å²) in [6.45, 7) is 0. The van der Waals surface area contributed by atoms with Crippen molar-refractivity contribution in [2.45, 2.75) is 24.7 Å². The zero-order valence-electron chi connectivity index (χ0n) is 6.13. The first kappa shape index (κ1) is 7.85. The zero-order chi connectivity index (χ0) is 8.77. The SMILES string of the molecule is Nc1nnc(C2CCC2(F)F)s1. The maximum Gasteiger partial charge on any atom is 0.257 e. The average molecular weight is 191 g/mol. The molecule has 1 atom stereocenters. The number of rotatable bonds is 1. The van der Waals surface area contributed by atoms with Crippen LogP contribution in [0.5, 0.6) is 0 Å². The molecule has 0 bridgehead atoms. The van der Waals surface area contributed by atoms with Crippen LogP contribution in [-0.2, 0) is 0 Å². The van der Waals surface area contributed by atoms with Crippen LogP contribution < -0.4 is 5.73 Å². The Morgan fingerprint density at radius 2 is 2.25 bits per heavy atom. The molecule has 1 aliphatic carbocycles. The van der Waals surface area contributed by atoms with Gasteiger partial charge in [0.15, 0.2) is 0 Å². The van der Waals surface area contributed by atoms with Crippen molar-refractivity contribution in [2.75, 3.05) is 5.73 Å². The number of halogens is 2. The van der Waals surface area contributed by atoms with E-state index in [-0.39, 0.29) is 11.6 Å². The summed E-state index contributed by atoms with van der Waals surface area (Å²) >= 11 is 1.05. The van der Waals surface area contributed by atoms with Gasteiger partial charge in [-0.15, -0.1) is 10.2 Å². The van der Waals surface area contributed by atoms with Gasteiger partial charge in [0.1, 0.15) is 5.01 Å². The highest BCUT2D eigenvalue weighted by molar-refractivity contribution is 7.15. The molecule has 1 saturated carbocycles. The molecule has 6 heteroatoms. The van der Waals surface area contributed by atoms with E-state index in [4.69, 9.17) is 5.73 Å². The predicted molar refractivity (Wildman–Crippen MR) is 41.2 cm³/mol. The summed E-state index contributed by atoms with van der Waals surface area (Å²) in [5.74, 6) is -3.33. The lowest BCUT2D eigenvalue weighted by Gasteiger charge is -2.34. The maximum atomic E-state index is 12.8. The molecule has 0 radical (unpaired) electrons. The summed E-state index contributed by atoms with van der Waals surface area (Å²) < 4.78 is 25.6. The molecule has 2 rings (SSSR count). The number of hydrogen-bond donors (Lipinski definition) is 1. The normalized spacial score (nSPS) is 26.7. The third kappa shape index (κ3) is 1.06. The zero-order valence-corrected chi connectivity index (χ0v) is 6.94. The molecule has 1 unspecified atom stereocenters. The van der Waals surface area contributed by atoms with Crippen LogP contribution in [-0.4, -0.2) is 16.1 Å². The second-order valence-corrected chi connectivity index (χ2v) is 3.87. The minimum Gasteiger partial charge on any atom is -0.374 e. The van der Waals surface area contributed by atoms with Crippen LogP contribution in [0.1, 0.15) is 23.8 Å². The highest BCUT2D eigenvalue weighted by Crippen LogP contribution is 2.50. The van der Waals surface area contributed by atoms with Crippen LogP contribution in [0.2, 0.25) is 0 Å². The summed E-state index contributed by atoms with van der Waals surface area (Å²) in [6.07, 6.45) is 0.443. The fraction of sp³-hybridized carbons (Fsp3) is 0.667. The Labute approximate surface area is 71.6 Å². The number of nitrogen functional groups attached to an aromatic ring is 1. The quantitative estimate of drug-likeness (QED) is 0.734. The van der Waals surface area contributed by atoms with E-state index < -0.39 is 11.8 Å². The standard InChI is InChI=1S/C6H7F2N3S/c7-6(8)2-1-3(6)4-10-11-5(9)12-4/h3H,1-2H2,(H2,9,11). The first-order chi connectivity index (χ1) is 5.59. The Morgan fingerprint density at radius 3 is 2.58 bits per heavy atom. The average Bonchev–Trinajstić information content (AvgIpc) is 2.34. The van der Waals surface area contributed by atoms with E-state index in [9.17, 15) is 8.78 Å². The predicted octanol–water partition coefficient (Wildman–Crippen LogP) is 1.63. The van der Waals surface area contributed by atoms with E-state index in [0.717, 1.165) is 11.3 Å². The van der Waals surface area contributed by atoms with Gasteiger partial charge in [-0.2, -0.15) is 0 Å². The van der Waals surface area contributed by atoms with Crippen LogP contribution in [0.4, 0.5) is 13.9 Å². The van der Waals surface area contributed by atoms with Gasteiger partial charge >= 0.3 is 0 Å². The molecule has 0 amide bonds. The smallest absolute Gasteiger partial charge is 0.257 e. The molecule has 66 valence electrons. The molecule has 1 aromatic rings. The minimum absolute atomic E-state index is 0.0445. The third-order valence-electron chi connectivity index (χ3n) is 2.03. The highest BCUT2D eigenvalue weighted by atomic mass is 32.1. The Hall–Kier alpha value is -0.780. The van der Waals surface area contributed by atoms with E-state index in [0.29, 0.717) is 11.4 Å². The summed E-state index contributed by atoms with van der Waals surface area (Å²) in [4.78, 5) is 0. The van der Waals surface area contributed by atoms with Crippen molar-refractivity contribution >= 4 is 16.5 Å². The van der Waals surface area contributed by atoms with Crippen LogP contribution in [0, 0.1) is 0 Å². The molecule has 1 aliphatic rings. The number of anilines is 1. The van der Waals surface area contributed by atoms with Gasteiger partial charge in [-0.1, -0.05) is 11.3 Å². The van der Waals surface area contributed by atoms with E-state index in [2.05, 4.69) is 10.2 Å². The van der Waals surface area contributed by atoms with Gasteiger partial charge in [0.2, 0.25) is 5.13 Å². The number of aromatic nitrogens is 2. The van der Waals surface area contributed by atoms with Crippen LogP contribution in [0.3, 0.4) is 0 Å². The molecule has 0 spiro atoms. The van der Waals surface area contributed by atoms with Gasteiger partial charge in [-0.05, 0) is 6.42 Å². The van der Waals surface area contributed by atoms with Crippen molar-refractivity contribution in [3.63, 3.8) is 0 Å². The number of nitrogens with zero attached hydrogens (tertiary/aromatic N) is 2. The Kier molecular flexibility index (Phi) is 1.54. The van der Waals surface area contributed by atoms with Crippen LogP contribution in [0.25, 0.3) is 0 Å². The van der Waals surface area contributed by atoms with E-state index >= 15 is 0 Å². The maximum absolute atomic E-state index is 12.8. The van der Waals surface area contributed by atoms with Crippen molar-refractivity contribution in [3.8, 4) is 0 Å². The molecule has 1 fully saturated rings. The fourth-order valence-electron chi connectivity index (χ4n) is 1.20. The van der Waals surface area contributed by atoms with Crippen LogP contribution >= 0.6 is 11.3 Å². The summed E-state index contributed by atoms with van der Waals surface area (Å²) in [5.41, 5.74) is 5.28. The number of hydrogen-bond acceptors (Lipinski definition) is 4. The molecular weight excluding hydrogens is 184 g/mol. The Balaban J connectivity index is 2.21. The van der Waals surface area contributed by atoms with Crippen molar-refractivity contribution < 1.29 is 8.78 Å². The number of alkyl halides is 2. The molecule has 12 heavy (non-hydrogen) atoms. The second-order valence-electron chi connectivity index (χ2n) is 2.83. The van der Waals surface area contributed by atoms with E-state index in [1.165, 1.54) is 0 Å². The fourth-order valence-corrected chi connectivity index (χ4v) is 2.01. The summed E-state index contributed by atoms with van der Waals surface area (Å²) in [5, 5.41) is 7.72. The Bertz CT molecular complexity index is 299. The first-order valence-corrected chi connectivity index (χ1v) is 4.38. The topological polar surface area (TPSA) is 51.8 Å². The van der Waals surface area contributed by atoms with Gasteiger partial charge in [0, 0.05) is 6.42 Å². The molecule has 0 aliphatic heterocycles. The van der Waals surface area contributed by atoms with Crippen LogP contribution in [0.15, 0.2) is 0 Å². The van der Waals surface area contributed by atoms with Gasteiger partial charge in [-0.3, -0.25) is 0 Å². The molecule has 1 heterocycles. The number of nitrogens with two attached hydrogens (primary N) is 1.